The highest BCUT2D eigenvalue weighted by atomic mass is 79.9. The molecule has 0 unspecified atom stereocenters. The van der Waals surface area contributed by atoms with E-state index in [1.165, 1.54) is 60.7 Å². The highest BCUT2D eigenvalue weighted by molar-refractivity contribution is 9.10. The molecule has 32 heavy (non-hydrogen) atoms. The Bertz CT molecular complexity index is 1500. The fraction of sp³-hybridized carbons (Fsp3) is 0. The highest BCUT2D eigenvalue weighted by Crippen LogP contribution is 2.40. The predicted octanol–water partition coefficient (Wildman–Crippen LogP) is 4.86. The summed E-state index contributed by atoms with van der Waals surface area (Å²) in [7, 11) is -7.80. The molecule has 11 heteroatoms. The minimum atomic E-state index is -3.92. The van der Waals surface area contributed by atoms with Gasteiger partial charge in [0.05, 0.1) is 20.4 Å². The number of sulfonamides is 1. The normalized spacial score (nSPS) is 12.1. The van der Waals surface area contributed by atoms with E-state index in [4.69, 9.17) is 5.14 Å². The molecule has 164 valence electrons. The Balaban J connectivity index is 1.89. The molecular formula is C21H14BrFN2O4S3. The van der Waals surface area contributed by atoms with Crippen molar-refractivity contribution in [2.24, 2.45) is 5.14 Å². The van der Waals surface area contributed by atoms with Crippen LogP contribution in [0.2, 0.25) is 0 Å². The molecule has 3 aromatic carbocycles. The maximum absolute atomic E-state index is 13.4. The molecular weight excluding hydrogens is 539 g/mol. The van der Waals surface area contributed by atoms with E-state index < -0.39 is 25.7 Å². The van der Waals surface area contributed by atoms with Gasteiger partial charge in [0.25, 0.3) is 0 Å². The van der Waals surface area contributed by atoms with Crippen LogP contribution >= 0.6 is 27.3 Å². The van der Waals surface area contributed by atoms with Gasteiger partial charge >= 0.3 is 0 Å². The average Bonchev–Trinajstić information content (AvgIpc) is 3.20. The number of sulfone groups is 1. The highest BCUT2D eigenvalue weighted by Gasteiger charge is 2.26. The maximum atomic E-state index is 13.4. The first-order chi connectivity index (χ1) is 15.1. The van der Waals surface area contributed by atoms with Gasteiger partial charge in [0, 0.05) is 10.0 Å². The number of nitrogens with two attached hydrogens (primary N) is 1. The standard InChI is InChI=1S/C21H14BrFN2O4S3/c22-15-5-11-17(12-6-15)31(26,27)21-25-19(13-3-9-18(10-4-13)32(24,28)29)20(30-21)14-1-7-16(23)8-2-14/h1-12H,(H2,24,28,29). The number of halogens is 2. The van der Waals surface area contributed by atoms with Crippen LogP contribution in [0.5, 0.6) is 0 Å². The number of thiazole rings is 1. The molecule has 0 bridgehead atoms. The van der Waals surface area contributed by atoms with Crippen molar-refractivity contribution in [2.45, 2.75) is 14.1 Å². The quantitative estimate of drug-likeness (QED) is 0.380. The van der Waals surface area contributed by atoms with Crippen LogP contribution in [0.3, 0.4) is 0 Å². The molecule has 0 radical (unpaired) electrons. The van der Waals surface area contributed by atoms with Gasteiger partial charge in [-0.1, -0.05) is 40.2 Å². The van der Waals surface area contributed by atoms with E-state index >= 15 is 0 Å². The monoisotopic (exact) mass is 552 g/mol. The van der Waals surface area contributed by atoms with Gasteiger partial charge in [0.2, 0.25) is 24.2 Å². The van der Waals surface area contributed by atoms with Gasteiger partial charge in [-0.05, 0) is 54.1 Å². The third kappa shape index (κ3) is 4.52. The number of nitrogens with zero attached hydrogens (tertiary/aromatic N) is 1. The molecule has 0 aliphatic rings. The van der Waals surface area contributed by atoms with Gasteiger partial charge in [-0.25, -0.2) is 31.3 Å². The Labute approximate surface area is 196 Å². The summed E-state index contributed by atoms with van der Waals surface area (Å²) in [5, 5.41) is 5.16. The van der Waals surface area contributed by atoms with E-state index in [0.717, 1.165) is 15.8 Å². The number of primary sulfonamides is 1. The van der Waals surface area contributed by atoms with E-state index in [2.05, 4.69) is 20.9 Å². The van der Waals surface area contributed by atoms with Gasteiger partial charge in [-0.15, -0.1) is 11.3 Å². The van der Waals surface area contributed by atoms with Crippen molar-refractivity contribution >= 4 is 47.1 Å². The third-order valence-electron chi connectivity index (χ3n) is 4.52. The van der Waals surface area contributed by atoms with Crippen molar-refractivity contribution in [3.05, 3.63) is 83.1 Å². The van der Waals surface area contributed by atoms with Gasteiger partial charge in [-0.2, -0.15) is 0 Å². The van der Waals surface area contributed by atoms with E-state index in [0.29, 0.717) is 21.7 Å². The molecule has 0 atom stereocenters. The van der Waals surface area contributed by atoms with Crippen LogP contribution in [0.25, 0.3) is 21.7 Å². The van der Waals surface area contributed by atoms with E-state index in [1.807, 2.05) is 0 Å². The van der Waals surface area contributed by atoms with E-state index in [-0.39, 0.29) is 14.1 Å². The summed E-state index contributed by atoms with van der Waals surface area (Å²) >= 11 is 4.23. The predicted molar refractivity (Wildman–Crippen MR) is 124 cm³/mol. The fourth-order valence-electron chi connectivity index (χ4n) is 2.93. The summed E-state index contributed by atoms with van der Waals surface area (Å²) in [5.74, 6) is -0.431. The average molecular weight is 553 g/mol. The molecule has 4 rings (SSSR count). The van der Waals surface area contributed by atoms with Crippen molar-refractivity contribution in [3.63, 3.8) is 0 Å². The first-order valence-electron chi connectivity index (χ1n) is 8.96. The lowest BCUT2D eigenvalue weighted by Crippen LogP contribution is -2.11. The summed E-state index contributed by atoms with van der Waals surface area (Å²) in [6, 6.07) is 17.4. The van der Waals surface area contributed by atoms with Crippen molar-refractivity contribution in [3.8, 4) is 21.7 Å². The number of aromatic nitrogens is 1. The van der Waals surface area contributed by atoms with Crippen LogP contribution in [0, 0.1) is 5.82 Å². The van der Waals surface area contributed by atoms with E-state index in [1.54, 1.807) is 12.1 Å². The number of hydrogen-bond donors (Lipinski definition) is 1. The summed E-state index contributed by atoms with van der Waals surface area (Å²) < 4.78 is 63.6. The van der Waals surface area contributed by atoms with Crippen molar-refractivity contribution in [1.29, 1.82) is 0 Å². The summed E-state index contributed by atoms with van der Waals surface area (Å²) in [6.07, 6.45) is 0. The largest absolute Gasteiger partial charge is 0.238 e. The molecule has 1 heterocycles. The van der Waals surface area contributed by atoms with Crippen LogP contribution in [-0.4, -0.2) is 21.8 Å². The first-order valence-corrected chi connectivity index (χ1v) is 13.6. The van der Waals surface area contributed by atoms with Crippen molar-refractivity contribution in [2.75, 3.05) is 0 Å². The lowest BCUT2D eigenvalue weighted by molar-refractivity contribution is 0.594. The smallest absolute Gasteiger partial charge is 0.225 e. The SMILES string of the molecule is NS(=O)(=O)c1ccc(-c2nc(S(=O)(=O)c3ccc(Br)cc3)sc2-c2ccc(F)cc2)cc1. The second-order valence-electron chi connectivity index (χ2n) is 6.69. The van der Waals surface area contributed by atoms with Crippen LogP contribution in [0.15, 0.2) is 91.4 Å². The van der Waals surface area contributed by atoms with Crippen LogP contribution in [0.1, 0.15) is 0 Å². The maximum Gasteiger partial charge on any atom is 0.238 e. The van der Waals surface area contributed by atoms with Crippen LogP contribution < -0.4 is 5.14 Å². The fourth-order valence-corrected chi connectivity index (χ4v) is 6.42. The van der Waals surface area contributed by atoms with Crippen LogP contribution in [0.4, 0.5) is 4.39 Å². The van der Waals surface area contributed by atoms with Gasteiger partial charge < -0.3 is 0 Å². The molecule has 1 aromatic heterocycles. The molecule has 0 aliphatic heterocycles. The Hall–Kier alpha value is -2.44. The zero-order valence-electron chi connectivity index (χ0n) is 16.1. The van der Waals surface area contributed by atoms with Crippen molar-refractivity contribution in [1.82, 2.24) is 4.98 Å². The minimum absolute atomic E-state index is 0.0798. The molecule has 0 saturated heterocycles. The molecule has 0 amide bonds. The molecule has 2 N–H and O–H groups in total. The first kappa shape index (κ1) is 22.7. The minimum Gasteiger partial charge on any atom is -0.225 e. The number of benzene rings is 3. The van der Waals surface area contributed by atoms with Gasteiger partial charge in [-0.3, -0.25) is 0 Å². The zero-order valence-corrected chi connectivity index (χ0v) is 20.1. The Kier molecular flexibility index (Phi) is 6.03. The van der Waals surface area contributed by atoms with Gasteiger partial charge in [0.1, 0.15) is 5.82 Å². The number of hydrogen-bond acceptors (Lipinski definition) is 6. The second-order valence-corrected chi connectivity index (χ2v) is 12.3. The lowest BCUT2D eigenvalue weighted by Gasteiger charge is -2.04. The van der Waals surface area contributed by atoms with Crippen LogP contribution in [-0.2, 0) is 19.9 Å². The topological polar surface area (TPSA) is 107 Å². The molecule has 4 aromatic rings. The molecule has 0 spiro atoms. The Morgan fingerprint density at radius 1 is 0.781 bits per heavy atom. The Morgan fingerprint density at radius 2 is 1.31 bits per heavy atom. The van der Waals surface area contributed by atoms with Crippen molar-refractivity contribution < 1.29 is 21.2 Å². The molecule has 0 saturated carbocycles. The number of rotatable bonds is 5. The summed E-state index contributed by atoms with van der Waals surface area (Å²) in [4.78, 5) is 4.89. The summed E-state index contributed by atoms with van der Waals surface area (Å²) in [5.41, 5.74) is 1.40. The zero-order chi connectivity index (χ0) is 23.1. The summed E-state index contributed by atoms with van der Waals surface area (Å²) in [6.45, 7) is 0. The second kappa shape index (κ2) is 8.49. The molecule has 0 aliphatic carbocycles. The Morgan fingerprint density at radius 3 is 1.88 bits per heavy atom. The van der Waals surface area contributed by atoms with E-state index in [9.17, 15) is 21.2 Å². The lowest BCUT2D eigenvalue weighted by atomic mass is 10.1. The third-order valence-corrected chi connectivity index (χ3v) is 9.23. The molecule has 0 fully saturated rings. The molecule has 6 nitrogen and oxygen atoms in total. The van der Waals surface area contributed by atoms with Gasteiger partial charge in [0.15, 0.2) is 0 Å².